The van der Waals surface area contributed by atoms with Crippen molar-refractivity contribution < 1.29 is 4.79 Å². The number of thioether (sulfide) groups is 1. The summed E-state index contributed by atoms with van der Waals surface area (Å²) in [6, 6.07) is 8.11. The summed E-state index contributed by atoms with van der Waals surface area (Å²) in [6.07, 6.45) is 4.35. The van der Waals surface area contributed by atoms with Gasteiger partial charge in [0.05, 0.1) is 5.75 Å². The molecule has 1 N–H and O–H groups in total. The Morgan fingerprint density at radius 1 is 1.33 bits per heavy atom. The molecule has 1 amide bonds. The molecule has 6 nitrogen and oxygen atoms in total. The second-order valence-electron chi connectivity index (χ2n) is 7.09. The van der Waals surface area contributed by atoms with Gasteiger partial charge in [0, 0.05) is 30.5 Å². The Morgan fingerprint density at radius 3 is 2.96 bits per heavy atom. The molecule has 1 aromatic carbocycles. The number of nitrogens with one attached hydrogen (secondary N) is 1. The van der Waals surface area contributed by atoms with Gasteiger partial charge in [-0.1, -0.05) is 36.9 Å². The first-order chi connectivity index (χ1) is 13.1. The largest absolute Gasteiger partial charge is 0.349 e. The number of fused-ring (bicyclic) bond motifs is 3. The van der Waals surface area contributed by atoms with Crippen LogP contribution in [0, 0.1) is 0 Å². The van der Waals surface area contributed by atoms with Crippen LogP contribution in [0.15, 0.2) is 34.2 Å². The van der Waals surface area contributed by atoms with E-state index in [0.29, 0.717) is 28.0 Å². The molecule has 7 heteroatoms. The van der Waals surface area contributed by atoms with E-state index in [1.54, 1.807) is 7.05 Å². The van der Waals surface area contributed by atoms with Gasteiger partial charge in [0.15, 0.2) is 5.16 Å². The van der Waals surface area contributed by atoms with Crippen LogP contribution in [-0.4, -0.2) is 43.7 Å². The van der Waals surface area contributed by atoms with E-state index in [-0.39, 0.29) is 11.5 Å². The lowest BCUT2D eigenvalue weighted by atomic mass is 10.0. The number of amides is 1. The molecule has 1 atom stereocenters. The summed E-state index contributed by atoms with van der Waals surface area (Å²) in [5.41, 5.74) is 1.97. The number of aromatic nitrogens is 3. The highest BCUT2D eigenvalue weighted by atomic mass is 32.2. The summed E-state index contributed by atoms with van der Waals surface area (Å²) in [5.74, 6) is 0.449. The van der Waals surface area contributed by atoms with Crippen molar-refractivity contribution in [1.82, 2.24) is 19.4 Å². The van der Waals surface area contributed by atoms with E-state index in [0.717, 1.165) is 36.7 Å². The molecular formula is C20H24N4O2S. The van der Waals surface area contributed by atoms with Gasteiger partial charge < -0.3 is 9.88 Å². The third-order valence-corrected chi connectivity index (χ3v) is 6.45. The number of H-pyrrole nitrogens is 1. The average molecular weight is 385 g/mol. The summed E-state index contributed by atoms with van der Waals surface area (Å²) in [7, 11) is 1.71. The Bertz CT molecular complexity index is 1060. The van der Waals surface area contributed by atoms with E-state index in [1.165, 1.54) is 22.7 Å². The number of carbonyl (C=O) groups is 1. The molecule has 1 fully saturated rings. The lowest BCUT2D eigenvalue weighted by Crippen LogP contribution is -2.44. The number of hydrogen-bond acceptors (Lipinski definition) is 4. The molecule has 1 aliphatic rings. The number of piperidine rings is 1. The van der Waals surface area contributed by atoms with E-state index in [2.05, 4.69) is 11.9 Å². The molecule has 1 saturated heterocycles. The molecule has 3 heterocycles. The maximum absolute atomic E-state index is 12.7. The van der Waals surface area contributed by atoms with Gasteiger partial charge in [0.2, 0.25) is 5.91 Å². The number of hydrogen-bond donors (Lipinski definition) is 1. The number of aromatic amines is 1. The third kappa shape index (κ3) is 3.25. The molecule has 27 heavy (non-hydrogen) atoms. The standard InChI is InChI=1S/C20H24N4O2S/c1-3-13-8-6-7-11-24(13)16(25)12-27-20-22-17-14-9-4-5-10-15(14)21-18(17)19(26)23(20)2/h4-5,9-10,13,21H,3,6-8,11-12H2,1-2H3/t13-/m0/s1. The van der Waals surface area contributed by atoms with Crippen LogP contribution in [0.5, 0.6) is 0 Å². The minimum Gasteiger partial charge on any atom is -0.349 e. The molecule has 0 unspecified atom stereocenters. The maximum atomic E-state index is 12.7. The Labute approximate surface area is 162 Å². The zero-order chi connectivity index (χ0) is 19.0. The van der Waals surface area contributed by atoms with Crippen LogP contribution in [0.2, 0.25) is 0 Å². The quantitative estimate of drug-likeness (QED) is 0.553. The van der Waals surface area contributed by atoms with Crippen molar-refractivity contribution in [3.05, 3.63) is 34.6 Å². The van der Waals surface area contributed by atoms with Gasteiger partial charge in [-0.15, -0.1) is 0 Å². The molecule has 0 saturated carbocycles. The van der Waals surface area contributed by atoms with Crippen molar-refractivity contribution in [3.63, 3.8) is 0 Å². The smallest absolute Gasteiger partial charge is 0.278 e. The van der Waals surface area contributed by atoms with E-state index in [4.69, 9.17) is 4.98 Å². The molecule has 0 aliphatic carbocycles. The fraction of sp³-hybridized carbons (Fsp3) is 0.450. The normalized spacial score (nSPS) is 17.7. The van der Waals surface area contributed by atoms with E-state index >= 15 is 0 Å². The predicted octanol–water partition coefficient (Wildman–Crippen LogP) is 3.30. The third-order valence-electron chi connectivity index (χ3n) is 5.44. The second kappa shape index (κ2) is 7.38. The highest BCUT2D eigenvalue weighted by molar-refractivity contribution is 7.99. The minimum absolute atomic E-state index is 0.115. The molecule has 4 rings (SSSR count). The van der Waals surface area contributed by atoms with Gasteiger partial charge in [-0.05, 0) is 31.7 Å². The van der Waals surface area contributed by atoms with Crippen LogP contribution in [0.25, 0.3) is 21.9 Å². The fourth-order valence-corrected chi connectivity index (χ4v) is 4.77. The van der Waals surface area contributed by atoms with Crippen molar-refractivity contribution in [2.75, 3.05) is 12.3 Å². The van der Waals surface area contributed by atoms with E-state index in [1.807, 2.05) is 29.2 Å². The lowest BCUT2D eigenvalue weighted by molar-refractivity contribution is -0.132. The summed E-state index contributed by atoms with van der Waals surface area (Å²) < 4.78 is 1.53. The Morgan fingerprint density at radius 2 is 2.15 bits per heavy atom. The molecular weight excluding hydrogens is 360 g/mol. The van der Waals surface area contributed by atoms with E-state index < -0.39 is 0 Å². The summed E-state index contributed by atoms with van der Waals surface area (Å²) >= 11 is 1.35. The first-order valence-electron chi connectivity index (χ1n) is 9.50. The second-order valence-corrected chi connectivity index (χ2v) is 8.03. The zero-order valence-corrected chi connectivity index (χ0v) is 16.5. The minimum atomic E-state index is -0.115. The zero-order valence-electron chi connectivity index (χ0n) is 15.7. The molecule has 142 valence electrons. The topological polar surface area (TPSA) is 71.0 Å². The number of benzene rings is 1. The lowest BCUT2D eigenvalue weighted by Gasteiger charge is -2.35. The Hall–Kier alpha value is -2.28. The van der Waals surface area contributed by atoms with Crippen LogP contribution in [0.1, 0.15) is 32.6 Å². The van der Waals surface area contributed by atoms with Crippen molar-refractivity contribution >= 4 is 39.6 Å². The average Bonchev–Trinajstić information content (AvgIpc) is 3.08. The van der Waals surface area contributed by atoms with Crippen LogP contribution in [0.4, 0.5) is 0 Å². The first kappa shape index (κ1) is 18.1. The number of rotatable bonds is 4. The Kier molecular flexibility index (Phi) is 4.95. The molecule has 0 spiro atoms. The van der Waals surface area contributed by atoms with Gasteiger partial charge in [-0.3, -0.25) is 14.2 Å². The molecule has 2 aromatic heterocycles. The molecule has 1 aliphatic heterocycles. The number of para-hydroxylation sites is 1. The van der Waals surface area contributed by atoms with Crippen molar-refractivity contribution in [2.45, 2.75) is 43.8 Å². The first-order valence-corrected chi connectivity index (χ1v) is 10.5. The van der Waals surface area contributed by atoms with Crippen LogP contribution in [-0.2, 0) is 11.8 Å². The van der Waals surface area contributed by atoms with Crippen molar-refractivity contribution in [3.8, 4) is 0 Å². The molecule has 0 bridgehead atoms. The monoisotopic (exact) mass is 384 g/mol. The van der Waals surface area contributed by atoms with Crippen molar-refractivity contribution in [1.29, 1.82) is 0 Å². The fourth-order valence-electron chi connectivity index (χ4n) is 3.91. The van der Waals surface area contributed by atoms with Crippen LogP contribution >= 0.6 is 11.8 Å². The van der Waals surface area contributed by atoms with Crippen LogP contribution in [0.3, 0.4) is 0 Å². The van der Waals surface area contributed by atoms with Gasteiger partial charge in [-0.25, -0.2) is 4.98 Å². The predicted molar refractivity (Wildman–Crippen MR) is 109 cm³/mol. The summed E-state index contributed by atoms with van der Waals surface area (Å²) in [4.78, 5) is 35.4. The van der Waals surface area contributed by atoms with E-state index in [9.17, 15) is 9.59 Å². The maximum Gasteiger partial charge on any atom is 0.278 e. The summed E-state index contributed by atoms with van der Waals surface area (Å²) in [5, 5.41) is 1.51. The van der Waals surface area contributed by atoms with Gasteiger partial charge in [0.1, 0.15) is 11.0 Å². The Balaban J connectivity index is 1.62. The van der Waals surface area contributed by atoms with Crippen molar-refractivity contribution in [2.24, 2.45) is 7.05 Å². The van der Waals surface area contributed by atoms with Gasteiger partial charge in [-0.2, -0.15) is 0 Å². The van der Waals surface area contributed by atoms with Crippen LogP contribution < -0.4 is 5.56 Å². The molecule has 3 aromatic rings. The number of carbonyl (C=O) groups excluding carboxylic acids is 1. The van der Waals surface area contributed by atoms with Gasteiger partial charge in [0.25, 0.3) is 5.56 Å². The highest BCUT2D eigenvalue weighted by Gasteiger charge is 2.25. The highest BCUT2D eigenvalue weighted by Crippen LogP contribution is 2.25. The van der Waals surface area contributed by atoms with Gasteiger partial charge >= 0.3 is 0 Å². The number of nitrogens with zero attached hydrogens (tertiary/aromatic N) is 3. The SMILES string of the molecule is CC[C@H]1CCCCN1C(=O)CSc1nc2c([nH]c3ccccc32)c(=O)n1C. The molecule has 0 radical (unpaired) electrons. The number of likely N-dealkylation sites (tertiary alicyclic amines) is 1. The summed E-state index contributed by atoms with van der Waals surface area (Å²) in [6.45, 7) is 2.98.